The highest BCUT2D eigenvalue weighted by atomic mass is 32.2. The van der Waals surface area contributed by atoms with Gasteiger partial charge in [0, 0.05) is 17.6 Å². The Balaban J connectivity index is 1.54. The average Bonchev–Trinajstić information content (AvgIpc) is 3.10. The van der Waals surface area contributed by atoms with Crippen LogP contribution in [0.5, 0.6) is 0 Å². The molecular formula is C23H25F3N2O3S. The van der Waals surface area contributed by atoms with Gasteiger partial charge in [0.15, 0.2) is 0 Å². The first-order chi connectivity index (χ1) is 15.1. The summed E-state index contributed by atoms with van der Waals surface area (Å²) in [6.07, 6.45) is -2.92. The van der Waals surface area contributed by atoms with Gasteiger partial charge in [-0.15, -0.1) is 0 Å². The SMILES string of the molecule is CC1Cc2ccccc2N1S(=O)(=O)c1cccc(C(=O)NC2CCCC(C(F)(F)F)C2)c1. The van der Waals surface area contributed by atoms with Crippen LogP contribution in [0.2, 0.25) is 0 Å². The Labute approximate surface area is 185 Å². The average molecular weight is 467 g/mol. The molecule has 0 spiro atoms. The monoisotopic (exact) mass is 466 g/mol. The van der Waals surface area contributed by atoms with Crippen LogP contribution in [0.3, 0.4) is 0 Å². The van der Waals surface area contributed by atoms with Gasteiger partial charge in [0.05, 0.1) is 16.5 Å². The van der Waals surface area contributed by atoms with E-state index in [-0.39, 0.29) is 29.3 Å². The fraction of sp³-hybridized carbons (Fsp3) is 0.435. The van der Waals surface area contributed by atoms with Gasteiger partial charge in [0.25, 0.3) is 15.9 Å². The highest BCUT2D eigenvalue weighted by Crippen LogP contribution is 2.38. The number of carbonyl (C=O) groups is 1. The number of anilines is 1. The molecule has 2 aliphatic rings. The number of fused-ring (bicyclic) bond motifs is 1. The third-order valence-electron chi connectivity index (χ3n) is 6.27. The van der Waals surface area contributed by atoms with Crippen LogP contribution in [0.1, 0.15) is 48.5 Å². The Hall–Kier alpha value is -2.55. The summed E-state index contributed by atoms with van der Waals surface area (Å²) in [6.45, 7) is 1.83. The van der Waals surface area contributed by atoms with E-state index in [2.05, 4.69) is 5.32 Å². The molecule has 4 rings (SSSR count). The van der Waals surface area contributed by atoms with Gasteiger partial charge in [-0.2, -0.15) is 13.2 Å². The summed E-state index contributed by atoms with van der Waals surface area (Å²) in [6, 6.07) is 12.1. The summed E-state index contributed by atoms with van der Waals surface area (Å²) in [4.78, 5) is 12.7. The number of nitrogens with zero attached hydrogens (tertiary/aromatic N) is 1. The lowest BCUT2D eigenvalue weighted by atomic mass is 9.85. The number of nitrogens with one attached hydrogen (secondary N) is 1. The van der Waals surface area contributed by atoms with Gasteiger partial charge in [0.2, 0.25) is 0 Å². The second kappa shape index (κ2) is 8.42. The van der Waals surface area contributed by atoms with E-state index in [4.69, 9.17) is 0 Å². The van der Waals surface area contributed by atoms with Gasteiger partial charge in [0.1, 0.15) is 0 Å². The van der Waals surface area contributed by atoms with Crippen LogP contribution in [0.15, 0.2) is 53.4 Å². The molecule has 1 amide bonds. The van der Waals surface area contributed by atoms with E-state index in [1.165, 1.54) is 28.6 Å². The number of benzene rings is 2. The number of carbonyl (C=O) groups excluding carboxylic acids is 1. The van der Waals surface area contributed by atoms with E-state index in [1.54, 1.807) is 12.1 Å². The Morgan fingerprint density at radius 1 is 1.09 bits per heavy atom. The first-order valence-corrected chi connectivity index (χ1v) is 12.1. The number of alkyl halides is 3. The highest BCUT2D eigenvalue weighted by molar-refractivity contribution is 7.92. The quantitative estimate of drug-likeness (QED) is 0.712. The molecule has 3 unspecified atom stereocenters. The Morgan fingerprint density at radius 3 is 2.59 bits per heavy atom. The van der Waals surface area contributed by atoms with Crippen molar-refractivity contribution in [3.63, 3.8) is 0 Å². The van der Waals surface area contributed by atoms with Crippen molar-refractivity contribution in [1.82, 2.24) is 5.32 Å². The molecule has 5 nitrogen and oxygen atoms in total. The molecule has 1 aliphatic heterocycles. The number of hydrogen-bond acceptors (Lipinski definition) is 3. The van der Waals surface area contributed by atoms with Crippen molar-refractivity contribution in [2.75, 3.05) is 4.31 Å². The van der Waals surface area contributed by atoms with Gasteiger partial charge in [-0.05, 0) is 62.4 Å². The van der Waals surface area contributed by atoms with Crippen molar-refractivity contribution < 1.29 is 26.4 Å². The van der Waals surface area contributed by atoms with Gasteiger partial charge < -0.3 is 5.32 Å². The lowest BCUT2D eigenvalue weighted by molar-refractivity contribution is -0.183. The van der Waals surface area contributed by atoms with Crippen LogP contribution in [0.4, 0.5) is 18.9 Å². The molecule has 0 radical (unpaired) electrons. The topological polar surface area (TPSA) is 66.5 Å². The second-order valence-electron chi connectivity index (χ2n) is 8.59. The molecule has 2 aromatic rings. The third kappa shape index (κ3) is 4.35. The highest BCUT2D eigenvalue weighted by Gasteiger charge is 2.42. The maximum Gasteiger partial charge on any atom is 0.391 e. The smallest absolute Gasteiger partial charge is 0.349 e. The number of para-hydroxylation sites is 1. The van der Waals surface area contributed by atoms with Crippen LogP contribution < -0.4 is 9.62 Å². The number of hydrogen-bond donors (Lipinski definition) is 1. The van der Waals surface area contributed by atoms with E-state index in [9.17, 15) is 26.4 Å². The molecule has 3 atom stereocenters. The molecular weight excluding hydrogens is 441 g/mol. The zero-order valence-corrected chi connectivity index (χ0v) is 18.4. The number of sulfonamides is 1. The van der Waals surface area contributed by atoms with Gasteiger partial charge >= 0.3 is 6.18 Å². The predicted octanol–water partition coefficient (Wildman–Crippen LogP) is 4.68. The van der Waals surface area contributed by atoms with Crippen LogP contribution >= 0.6 is 0 Å². The Kier molecular flexibility index (Phi) is 5.96. The maximum absolute atomic E-state index is 13.4. The summed E-state index contributed by atoms with van der Waals surface area (Å²) < 4.78 is 67.3. The first-order valence-electron chi connectivity index (χ1n) is 10.7. The standard InChI is InChI=1S/C23H25F3N2O3S/c1-15-12-16-6-2-3-11-21(16)28(15)32(30,31)20-10-4-7-17(13-20)22(29)27-19-9-5-8-18(14-19)23(24,25)26/h2-4,6-7,10-11,13,15,18-19H,5,8-9,12,14H2,1H3,(H,27,29). The zero-order valence-electron chi connectivity index (χ0n) is 17.6. The molecule has 1 aliphatic carbocycles. The van der Waals surface area contributed by atoms with Crippen molar-refractivity contribution in [2.45, 2.75) is 62.2 Å². The van der Waals surface area contributed by atoms with Crippen molar-refractivity contribution in [2.24, 2.45) is 5.92 Å². The van der Waals surface area contributed by atoms with Crippen molar-refractivity contribution in [1.29, 1.82) is 0 Å². The Bertz CT molecular complexity index is 1120. The normalized spacial score (nSPS) is 23.6. The maximum atomic E-state index is 13.4. The molecule has 0 aromatic heterocycles. The van der Waals surface area contributed by atoms with E-state index in [1.807, 2.05) is 19.1 Å². The van der Waals surface area contributed by atoms with Gasteiger partial charge in [-0.3, -0.25) is 9.10 Å². The summed E-state index contributed by atoms with van der Waals surface area (Å²) >= 11 is 0. The molecule has 9 heteroatoms. The Morgan fingerprint density at radius 2 is 1.84 bits per heavy atom. The molecule has 1 heterocycles. The molecule has 1 N–H and O–H groups in total. The number of rotatable bonds is 4. The first kappa shape index (κ1) is 22.6. The lowest BCUT2D eigenvalue weighted by Crippen LogP contribution is -2.41. The minimum Gasteiger partial charge on any atom is -0.349 e. The van der Waals surface area contributed by atoms with Crippen LogP contribution in [-0.4, -0.2) is 32.6 Å². The third-order valence-corrected chi connectivity index (χ3v) is 8.19. The molecule has 32 heavy (non-hydrogen) atoms. The summed E-state index contributed by atoms with van der Waals surface area (Å²) in [7, 11) is -3.91. The van der Waals surface area contributed by atoms with Crippen LogP contribution in [0.25, 0.3) is 0 Å². The van der Waals surface area contributed by atoms with Gasteiger partial charge in [-0.1, -0.05) is 30.7 Å². The number of halogens is 3. The summed E-state index contributed by atoms with van der Waals surface area (Å²) in [5, 5.41) is 2.66. The minimum atomic E-state index is -4.28. The summed E-state index contributed by atoms with van der Waals surface area (Å²) in [5.74, 6) is -1.99. The van der Waals surface area contributed by atoms with E-state index >= 15 is 0 Å². The van der Waals surface area contributed by atoms with E-state index in [0.29, 0.717) is 24.9 Å². The van der Waals surface area contributed by atoms with E-state index < -0.39 is 34.1 Å². The predicted molar refractivity (Wildman–Crippen MR) is 115 cm³/mol. The molecule has 0 saturated heterocycles. The summed E-state index contributed by atoms with van der Waals surface area (Å²) in [5.41, 5.74) is 1.67. The fourth-order valence-corrected chi connectivity index (χ4v) is 6.44. The minimum absolute atomic E-state index is 0.0227. The van der Waals surface area contributed by atoms with Crippen molar-refractivity contribution >= 4 is 21.6 Å². The molecule has 0 bridgehead atoms. The molecule has 1 saturated carbocycles. The van der Waals surface area contributed by atoms with Crippen LogP contribution in [0, 0.1) is 5.92 Å². The fourth-order valence-electron chi connectivity index (χ4n) is 4.70. The molecule has 2 aromatic carbocycles. The van der Waals surface area contributed by atoms with Crippen LogP contribution in [-0.2, 0) is 16.4 Å². The van der Waals surface area contributed by atoms with Crippen molar-refractivity contribution in [3.05, 3.63) is 59.7 Å². The van der Waals surface area contributed by atoms with E-state index in [0.717, 1.165) is 5.56 Å². The zero-order chi connectivity index (χ0) is 23.1. The number of amides is 1. The van der Waals surface area contributed by atoms with Gasteiger partial charge in [-0.25, -0.2) is 8.42 Å². The lowest BCUT2D eigenvalue weighted by Gasteiger charge is -2.31. The van der Waals surface area contributed by atoms with Crippen molar-refractivity contribution in [3.8, 4) is 0 Å². The second-order valence-corrected chi connectivity index (χ2v) is 10.4. The largest absolute Gasteiger partial charge is 0.391 e. The molecule has 172 valence electrons. The molecule has 1 fully saturated rings.